The van der Waals surface area contributed by atoms with Crippen LogP contribution in [0.25, 0.3) is 0 Å². The van der Waals surface area contributed by atoms with E-state index in [9.17, 15) is 10.5 Å². The molecule has 0 N–H and O–H groups in total. The van der Waals surface area contributed by atoms with Crippen LogP contribution >= 0.6 is 11.3 Å². The summed E-state index contributed by atoms with van der Waals surface area (Å²) >= 11 is 1.19. The fourth-order valence-electron chi connectivity index (χ4n) is 4.04. The van der Waals surface area contributed by atoms with Gasteiger partial charge in [0.25, 0.3) is 0 Å². The minimum atomic E-state index is 0.403. The fraction of sp³-hybridized carbons (Fsp3) is 0.556. The molecule has 0 fully saturated rings. The standard InChI is InChI=1S/C27H39N7OS/c1-8-32(9-2)12-14-34(15-13-33(10-3)11-4)24-16-20(5)23(17-25(24)35-7)30-31-27-22(18-28)21(6)26(19-29)36-27/h16-17H,8-15H2,1-7H3. The molecule has 0 saturated carbocycles. The number of hydrogen-bond donors (Lipinski definition) is 0. The van der Waals surface area contributed by atoms with Gasteiger partial charge >= 0.3 is 0 Å². The molecule has 1 aromatic carbocycles. The van der Waals surface area contributed by atoms with Crippen molar-refractivity contribution in [1.82, 2.24) is 9.80 Å². The Morgan fingerprint density at radius 2 is 1.44 bits per heavy atom. The number of azo groups is 1. The Bertz CT molecular complexity index is 1090. The molecule has 8 nitrogen and oxygen atoms in total. The van der Waals surface area contributed by atoms with Crippen molar-refractivity contribution in [3.63, 3.8) is 0 Å². The number of thiophene rings is 1. The lowest BCUT2D eigenvalue weighted by molar-refractivity contribution is 0.293. The molecule has 9 heteroatoms. The van der Waals surface area contributed by atoms with Crippen LogP contribution in [-0.4, -0.2) is 69.3 Å². The summed E-state index contributed by atoms with van der Waals surface area (Å²) in [5.41, 5.74) is 3.75. The maximum absolute atomic E-state index is 9.50. The number of nitriles is 2. The van der Waals surface area contributed by atoms with Crippen molar-refractivity contribution in [2.45, 2.75) is 41.5 Å². The monoisotopic (exact) mass is 509 g/mol. The Labute approximate surface area is 220 Å². The normalized spacial score (nSPS) is 11.3. The fourth-order valence-corrected chi connectivity index (χ4v) is 4.92. The van der Waals surface area contributed by atoms with Crippen LogP contribution in [0.2, 0.25) is 0 Å². The first-order chi connectivity index (χ1) is 17.4. The van der Waals surface area contributed by atoms with Gasteiger partial charge in [0, 0.05) is 32.2 Å². The van der Waals surface area contributed by atoms with Crippen molar-refractivity contribution in [1.29, 1.82) is 10.5 Å². The van der Waals surface area contributed by atoms with Crippen LogP contribution in [0, 0.1) is 36.5 Å². The molecule has 2 rings (SSSR count). The molecule has 1 heterocycles. The quantitative estimate of drug-likeness (QED) is 0.289. The van der Waals surface area contributed by atoms with E-state index in [0.29, 0.717) is 26.7 Å². The van der Waals surface area contributed by atoms with Gasteiger partial charge < -0.3 is 19.4 Å². The van der Waals surface area contributed by atoms with Crippen molar-refractivity contribution in [2.75, 3.05) is 64.4 Å². The molecule has 0 aliphatic rings. The molecular formula is C27H39N7OS. The third-order valence-corrected chi connectivity index (χ3v) is 7.67. The number of likely N-dealkylation sites (N-methyl/N-ethyl adjacent to an activating group) is 2. The molecule has 194 valence electrons. The number of benzene rings is 1. The summed E-state index contributed by atoms with van der Waals surface area (Å²) < 4.78 is 5.82. The summed E-state index contributed by atoms with van der Waals surface area (Å²) in [5.74, 6) is 0.745. The lowest BCUT2D eigenvalue weighted by Crippen LogP contribution is -2.40. The number of methoxy groups -OCH3 is 1. The van der Waals surface area contributed by atoms with Crippen LogP contribution in [0.3, 0.4) is 0 Å². The second kappa shape index (κ2) is 14.5. The van der Waals surface area contributed by atoms with Gasteiger partial charge in [-0.2, -0.15) is 10.5 Å². The van der Waals surface area contributed by atoms with Gasteiger partial charge in [-0.1, -0.05) is 27.7 Å². The van der Waals surface area contributed by atoms with Gasteiger partial charge in [-0.15, -0.1) is 21.6 Å². The van der Waals surface area contributed by atoms with Gasteiger partial charge in [0.2, 0.25) is 0 Å². The Kier molecular flexibility index (Phi) is 11.8. The summed E-state index contributed by atoms with van der Waals surface area (Å²) in [6, 6.07) is 8.30. The van der Waals surface area contributed by atoms with Crippen LogP contribution in [0.1, 0.15) is 49.3 Å². The van der Waals surface area contributed by atoms with E-state index in [0.717, 1.165) is 69.4 Å². The molecule has 0 aliphatic carbocycles. The summed E-state index contributed by atoms with van der Waals surface area (Å²) in [6.07, 6.45) is 0. The molecule has 0 unspecified atom stereocenters. The molecule has 0 atom stereocenters. The van der Waals surface area contributed by atoms with Crippen LogP contribution in [0.4, 0.5) is 16.4 Å². The van der Waals surface area contributed by atoms with Gasteiger partial charge in [0.1, 0.15) is 22.8 Å². The number of anilines is 1. The van der Waals surface area contributed by atoms with Crippen LogP contribution in [0.15, 0.2) is 22.4 Å². The second-order valence-corrected chi connectivity index (χ2v) is 9.51. The first-order valence-corrected chi connectivity index (χ1v) is 13.4. The van der Waals surface area contributed by atoms with E-state index in [1.807, 2.05) is 13.0 Å². The van der Waals surface area contributed by atoms with Crippen molar-refractivity contribution in [2.24, 2.45) is 10.2 Å². The van der Waals surface area contributed by atoms with Crippen LogP contribution < -0.4 is 9.64 Å². The van der Waals surface area contributed by atoms with E-state index in [1.165, 1.54) is 11.3 Å². The highest BCUT2D eigenvalue weighted by Crippen LogP contribution is 2.38. The van der Waals surface area contributed by atoms with Gasteiger partial charge in [-0.05, 0) is 57.2 Å². The summed E-state index contributed by atoms with van der Waals surface area (Å²) in [6.45, 7) is 20.4. The van der Waals surface area contributed by atoms with Crippen molar-refractivity contribution < 1.29 is 4.74 Å². The van der Waals surface area contributed by atoms with E-state index in [4.69, 9.17) is 4.74 Å². The molecule has 0 aliphatic heterocycles. The molecule has 0 saturated heterocycles. The zero-order valence-corrected chi connectivity index (χ0v) is 23.6. The van der Waals surface area contributed by atoms with Crippen LogP contribution in [0.5, 0.6) is 5.75 Å². The molecule has 2 aromatic rings. The maximum Gasteiger partial charge on any atom is 0.158 e. The lowest BCUT2D eigenvalue weighted by atomic mass is 10.1. The molecule has 0 amide bonds. The zero-order chi connectivity index (χ0) is 26.7. The molecular weight excluding hydrogens is 470 g/mol. The van der Waals surface area contributed by atoms with Gasteiger partial charge in [0.05, 0.1) is 24.0 Å². The Morgan fingerprint density at radius 3 is 1.92 bits per heavy atom. The number of ether oxygens (including phenoxy) is 1. The predicted molar refractivity (Wildman–Crippen MR) is 148 cm³/mol. The van der Waals surface area contributed by atoms with E-state index in [1.54, 1.807) is 14.0 Å². The topological polar surface area (TPSA) is 91.2 Å². The van der Waals surface area contributed by atoms with E-state index >= 15 is 0 Å². The Balaban J connectivity index is 2.41. The number of nitrogens with zero attached hydrogens (tertiary/aromatic N) is 7. The molecule has 1 aromatic heterocycles. The third-order valence-electron chi connectivity index (χ3n) is 6.59. The third kappa shape index (κ3) is 7.27. The predicted octanol–water partition coefficient (Wildman–Crippen LogP) is 6.02. The Hall–Kier alpha value is -2.98. The molecule has 0 spiro atoms. The molecule has 0 radical (unpaired) electrons. The maximum atomic E-state index is 9.50. The summed E-state index contributed by atoms with van der Waals surface area (Å²) in [4.78, 5) is 7.75. The minimum Gasteiger partial charge on any atom is -0.495 e. The van der Waals surface area contributed by atoms with E-state index in [-0.39, 0.29) is 0 Å². The number of hydrogen-bond acceptors (Lipinski definition) is 9. The van der Waals surface area contributed by atoms with Gasteiger partial charge in [0.15, 0.2) is 5.00 Å². The number of rotatable bonds is 14. The van der Waals surface area contributed by atoms with Crippen LogP contribution in [-0.2, 0) is 0 Å². The molecule has 0 bridgehead atoms. The second-order valence-electron chi connectivity index (χ2n) is 8.51. The smallest absolute Gasteiger partial charge is 0.158 e. The SMILES string of the molecule is CCN(CC)CCN(CCN(CC)CC)c1cc(C)c(N=Nc2sc(C#N)c(C)c2C#N)cc1OC. The first-order valence-electron chi connectivity index (χ1n) is 12.6. The highest BCUT2D eigenvalue weighted by molar-refractivity contribution is 7.16. The number of aryl methyl sites for hydroxylation is 1. The van der Waals surface area contributed by atoms with Crippen molar-refractivity contribution >= 4 is 27.7 Å². The van der Waals surface area contributed by atoms with E-state index in [2.05, 4.69) is 70.8 Å². The lowest BCUT2D eigenvalue weighted by Gasteiger charge is -2.31. The van der Waals surface area contributed by atoms with Crippen molar-refractivity contribution in [3.8, 4) is 17.9 Å². The largest absolute Gasteiger partial charge is 0.495 e. The minimum absolute atomic E-state index is 0.403. The van der Waals surface area contributed by atoms with Gasteiger partial charge in [-0.3, -0.25) is 0 Å². The average Bonchev–Trinajstić information content (AvgIpc) is 3.21. The van der Waals surface area contributed by atoms with Gasteiger partial charge in [-0.25, -0.2) is 0 Å². The zero-order valence-electron chi connectivity index (χ0n) is 22.8. The Morgan fingerprint density at radius 1 is 0.861 bits per heavy atom. The summed E-state index contributed by atoms with van der Waals surface area (Å²) in [5, 5.41) is 28.0. The highest BCUT2D eigenvalue weighted by atomic mass is 32.1. The molecule has 36 heavy (non-hydrogen) atoms. The highest BCUT2D eigenvalue weighted by Gasteiger charge is 2.18. The first kappa shape index (κ1) is 29.3. The average molecular weight is 510 g/mol. The van der Waals surface area contributed by atoms with Crippen molar-refractivity contribution in [3.05, 3.63) is 33.7 Å². The summed E-state index contributed by atoms with van der Waals surface area (Å²) in [7, 11) is 1.68. The van der Waals surface area contributed by atoms with E-state index < -0.39 is 0 Å².